The minimum absolute atomic E-state index is 0.0155. The Morgan fingerprint density at radius 1 is 1.53 bits per heavy atom. The minimum Gasteiger partial charge on any atom is -0.384 e. The molecule has 0 aliphatic heterocycles. The fourth-order valence-electron chi connectivity index (χ4n) is 2.26. The zero-order valence-corrected chi connectivity index (χ0v) is 9.72. The summed E-state index contributed by atoms with van der Waals surface area (Å²) in [6, 6.07) is 3.09. The molecule has 2 rings (SSSR count). The van der Waals surface area contributed by atoms with Crippen molar-refractivity contribution in [1.29, 1.82) is 0 Å². The lowest BCUT2D eigenvalue weighted by molar-refractivity contribution is -0.384. The maximum atomic E-state index is 10.9. The van der Waals surface area contributed by atoms with E-state index >= 15 is 0 Å². The molecule has 0 aromatic carbocycles. The highest BCUT2D eigenvalue weighted by atomic mass is 16.6. The van der Waals surface area contributed by atoms with Crippen molar-refractivity contribution in [2.24, 2.45) is 5.92 Å². The lowest BCUT2D eigenvalue weighted by atomic mass is 10.1. The molecule has 1 aliphatic carbocycles. The predicted molar refractivity (Wildman–Crippen MR) is 65.7 cm³/mol. The van der Waals surface area contributed by atoms with Crippen molar-refractivity contribution < 1.29 is 4.92 Å². The Bertz CT molecular complexity index is 435. The molecule has 0 saturated heterocycles. The maximum Gasteiger partial charge on any atom is 0.311 e. The molecule has 1 heterocycles. The van der Waals surface area contributed by atoms with E-state index in [0.717, 1.165) is 19.3 Å². The first-order valence-electron chi connectivity index (χ1n) is 5.75. The first kappa shape index (κ1) is 11.6. The lowest BCUT2D eigenvalue weighted by Gasteiger charge is -2.17. The fraction of sp³-hybridized carbons (Fsp3) is 0.545. The minimum atomic E-state index is -0.436. The van der Waals surface area contributed by atoms with E-state index in [2.05, 4.69) is 17.2 Å². The van der Waals surface area contributed by atoms with Crippen molar-refractivity contribution in [3.8, 4) is 0 Å². The molecule has 1 aromatic rings. The highest BCUT2D eigenvalue weighted by Gasteiger charge is 2.26. The molecule has 17 heavy (non-hydrogen) atoms. The molecule has 1 aliphatic rings. The second kappa shape index (κ2) is 4.57. The SMILES string of the molecule is CC1CCCC1Nc1nc(N)ccc1[N+](=O)[O-]. The summed E-state index contributed by atoms with van der Waals surface area (Å²) in [4.78, 5) is 14.5. The first-order valence-corrected chi connectivity index (χ1v) is 5.75. The van der Waals surface area contributed by atoms with Gasteiger partial charge in [0.2, 0.25) is 5.82 Å². The van der Waals surface area contributed by atoms with Gasteiger partial charge in [-0.25, -0.2) is 4.98 Å². The molecule has 0 radical (unpaired) electrons. The molecular weight excluding hydrogens is 220 g/mol. The Morgan fingerprint density at radius 3 is 2.88 bits per heavy atom. The molecule has 3 N–H and O–H groups in total. The number of hydrogen-bond donors (Lipinski definition) is 2. The Balaban J connectivity index is 2.24. The van der Waals surface area contributed by atoms with Crippen LogP contribution in [0.3, 0.4) is 0 Å². The number of nitrogens with zero attached hydrogens (tertiary/aromatic N) is 2. The van der Waals surface area contributed by atoms with Gasteiger partial charge in [0.15, 0.2) is 0 Å². The van der Waals surface area contributed by atoms with Crippen molar-refractivity contribution in [3.05, 3.63) is 22.2 Å². The average molecular weight is 236 g/mol. The summed E-state index contributed by atoms with van der Waals surface area (Å²) in [5.41, 5.74) is 5.55. The number of aromatic nitrogens is 1. The fourth-order valence-corrected chi connectivity index (χ4v) is 2.26. The van der Waals surface area contributed by atoms with Crippen LogP contribution in [0.15, 0.2) is 12.1 Å². The molecule has 0 spiro atoms. The Labute approximate surface area is 99.4 Å². The zero-order chi connectivity index (χ0) is 12.4. The molecule has 6 nitrogen and oxygen atoms in total. The molecule has 2 unspecified atom stereocenters. The summed E-state index contributed by atoms with van der Waals surface area (Å²) in [5, 5.41) is 14.0. The molecule has 1 fully saturated rings. The monoisotopic (exact) mass is 236 g/mol. The average Bonchev–Trinajstić information content (AvgIpc) is 2.64. The van der Waals surface area contributed by atoms with E-state index in [1.54, 1.807) is 0 Å². The summed E-state index contributed by atoms with van der Waals surface area (Å²) < 4.78 is 0. The van der Waals surface area contributed by atoms with Crippen LogP contribution >= 0.6 is 0 Å². The van der Waals surface area contributed by atoms with Crippen molar-refractivity contribution in [2.75, 3.05) is 11.1 Å². The topological polar surface area (TPSA) is 94.1 Å². The zero-order valence-electron chi connectivity index (χ0n) is 9.72. The molecule has 2 atom stereocenters. The van der Waals surface area contributed by atoms with E-state index in [1.165, 1.54) is 12.1 Å². The molecule has 0 bridgehead atoms. The van der Waals surface area contributed by atoms with Gasteiger partial charge in [0, 0.05) is 12.1 Å². The van der Waals surface area contributed by atoms with Crippen LogP contribution in [0.2, 0.25) is 0 Å². The second-order valence-corrected chi connectivity index (χ2v) is 4.52. The van der Waals surface area contributed by atoms with Gasteiger partial charge in [-0.2, -0.15) is 0 Å². The number of rotatable bonds is 3. The third-order valence-corrected chi connectivity index (χ3v) is 3.28. The molecule has 6 heteroatoms. The summed E-state index contributed by atoms with van der Waals surface area (Å²) in [5.74, 6) is 1.09. The quantitative estimate of drug-likeness (QED) is 0.619. The van der Waals surface area contributed by atoms with E-state index in [1.807, 2.05) is 0 Å². The van der Waals surface area contributed by atoms with Crippen LogP contribution in [0.4, 0.5) is 17.3 Å². The van der Waals surface area contributed by atoms with E-state index in [4.69, 9.17) is 5.73 Å². The van der Waals surface area contributed by atoms with Gasteiger partial charge in [0.25, 0.3) is 0 Å². The number of nitrogen functional groups attached to an aromatic ring is 1. The molecule has 92 valence electrons. The maximum absolute atomic E-state index is 10.9. The highest BCUT2D eigenvalue weighted by molar-refractivity contribution is 5.59. The molecule has 1 saturated carbocycles. The highest BCUT2D eigenvalue weighted by Crippen LogP contribution is 2.31. The summed E-state index contributed by atoms with van der Waals surface area (Å²) >= 11 is 0. The van der Waals surface area contributed by atoms with Gasteiger partial charge in [-0.05, 0) is 24.8 Å². The van der Waals surface area contributed by atoms with Crippen LogP contribution in [0.25, 0.3) is 0 Å². The largest absolute Gasteiger partial charge is 0.384 e. The van der Waals surface area contributed by atoms with Crippen molar-refractivity contribution in [3.63, 3.8) is 0 Å². The van der Waals surface area contributed by atoms with Gasteiger partial charge >= 0.3 is 5.69 Å². The van der Waals surface area contributed by atoms with Gasteiger partial charge < -0.3 is 11.1 Å². The van der Waals surface area contributed by atoms with Crippen molar-refractivity contribution >= 4 is 17.3 Å². The smallest absolute Gasteiger partial charge is 0.311 e. The molecule has 0 amide bonds. The van der Waals surface area contributed by atoms with Crippen LogP contribution in [-0.2, 0) is 0 Å². The van der Waals surface area contributed by atoms with Gasteiger partial charge in [-0.15, -0.1) is 0 Å². The number of nitro groups is 1. The van der Waals surface area contributed by atoms with Crippen LogP contribution in [0, 0.1) is 16.0 Å². The summed E-state index contributed by atoms with van der Waals surface area (Å²) in [6.45, 7) is 2.14. The Morgan fingerprint density at radius 2 is 2.29 bits per heavy atom. The van der Waals surface area contributed by atoms with Crippen LogP contribution in [0.1, 0.15) is 26.2 Å². The molecular formula is C11H16N4O2. The van der Waals surface area contributed by atoms with Gasteiger partial charge in [0.1, 0.15) is 5.82 Å². The van der Waals surface area contributed by atoms with Gasteiger partial charge in [0.05, 0.1) is 4.92 Å². The van der Waals surface area contributed by atoms with Crippen LogP contribution in [-0.4, -0.2) is 15.9 Å². The van der Waals surface area contributed by atoms with E-state index < -0.39 is 4.92 Å². The standard InChI is InChI=1S/C11H16N4O2/c1-7-3-2-4-8(7)13-11-9(15(16)17)5-6-10(12)14-11/h5-8H,2-4H2,1H3,(H3,12,13,14). The van der Waals surface area contributed by atoms with Crippen LogP contribution in [0.5, 0.6) is 0 Å². The van der Waals surface area contributed by atoms with E-state index in [0.29, 0.717) is 11.7 Å². The van der Waals surface area contributed by atoms with Crippen molar-refractivity contribution in [1.82, 2.24) is 4.98 Å². The second-order valence-electron chi connectivity index (χ2n) is 4.52. The predicted octanol–water partition coefficient (Wildman–Crippen LogP) is 2.17. The van der Waals surface area contributed by atoms with E-state index in [-0.39, 0.29) is 17.5 Å². The lowest BCUT2D eigenvalue weighted by Crippen LogP contribution is -2.23. The van der Waals surface area contributed by atoms with Crippen LogP contribution < -0.4 is 11.1 Å². The van der Waals surface area contributed by atoms with Gasteiger partial charge in [-0.3, -0.25) is 10.1 Å². The van der Waals surface area contributed by atoms with Gasteiger partial charge in [-0.1, -0.05) is 13.3 Å². The molecule has 1 aromatic heterocycles. The Hall–Kier alpha value is -1.85. The third-order valence-electron chi connectivity index (χ3n) is 3.28. The Kier molecular flexibility index (Phi) is 3.12. The first-order chi connectivity index (χ1) is 8.08. The number of nitrogens with two attached hydrogens (primary N) is 1. The summed E-state index contributed by atoms with van der Waals surface area (Å²) in [7, 11) is 0. The van der Waals surface area contributed by atoms with E-state index in [9.17, 15) is 10.1 Å². The third kappa shape index (κ3) is 2.46. The summed E-state index contributed by atoms with van der Waals surface area (Å²) in [6.07, 6.45) is 3.32. The van der Waals surface area contributed by atoms with Crippen molar-refractivity contribution in [2.45, 2.75) is 32.2 Å². The normalized spacial score (nSPS) is 23.6. The number of nitrogens with one attached hydrogen (secondary N) is 1. The number of pyridine rings is 1. The number of anilines is 2. The number of hydrogen-bond acceptors (Lipinski definition) is 5.